The van der Waals surface area contributed by atoms with Crippen LogP contribution in [0.5, 0.6) is 0 Å². The Morgan fingerprint density at radius 1 is 1.12 bits per heavy atom. The number of nitrogens with one attached hydrogen (secondary N) is 1. The van der Waals surface area contributed by atoms with Crippen molar-refractivity contribution in [1.82, 2.24) is 4.98 Å². The zero-order chi connectivity index (χ0) is 22.7. The zero-order valence-electron chi connectivity index (χ0n) is 19.5. The number of hydrogen-bond donors (Lipinski definition) is 4. The van der Waals surface area contributed by atoms with Crippen molar-refractivity contribution in [2.24, 2.45) is 11.3 Å². The van der Waals surface area contributed by atoms with Crippen LogP contribution in [-0.2, 0) is 16.6 Å². The predicted octanol–water partition coefficient (Wildman–Crippen LogP) is 3.75. The van der Waals surface area contributed by atoms with Crippen LogP contribution in [0.25, 0.3) is 10.9 Å². The molecule has 3 aliphatic carbocycles. The zero-order valence-corrected chi connectivity index (χ0v) is 19.5. The summed E-state index contributed by atoms with van der Waals surface area (Å²) in [6, 6.07) is 8.53. The summed E-state index contributed by atoms with van der Waals surface area (Å²) < 4.78 is 6.25. The van der Waals surface area contributed by atoms with E-state index in [-0.39, 0.29) is 16.9 Å². The Hall–Kier alpha value is -1.66. The van der Waals surface area contributed by atoms with Gasteiger partial charge in [-0.2, -0.15) is 0 Å². The van der Waals surface area contributed by atoms with Gasteiger partial charge < -0.3 is 25.0 Å². The van der Waals surface area contributed by atoms with Gasteiger partial charge in [0.2, 0.25) is 0 Å². The summed E-state index contributed by atoms with van der Waals surface area (Å²) in [4.78, 5) is 3.75. The van der Waals surface area contributed by atoms with Crippen LogP contribution in [-0.4, -0.2) is 49.8 Å². The maximum atomic E-state index is 12.4. The standard InChI is InChI=1S/C27H35NO4/c1-24(2,30)23-20(29)14-18-21(32-23)10-11-25(3)26(4)15(9-12-27(18,25)31)13-17-16-7-5-6-8-19(16)28-22(17)26/h5-8,14-15,20-21,23,28-31H,9-13H2,1-4H3/t15?,20?,21?,23?,25-,26-,27?/m1/s1. The van der Waals surface area contributed by atoms with E-state index in [1.165, 1.54) is 22.2 Å². The highest BCUT2D eigenvalue weighted by Crippen LogP contribution is 2.69. The molecule has 172 valence electrons. The SMILES string of the molecule is CC(C)(O)C1OC2CC[C@@]3(C)C(O)(CCC4Cc5c([nH]c6ccccc56)[C@@]43C)C2=CC1O. The minimum Gasteiger partial charge on any atom is -0.388 e. The molecule has 5 heteroatoms. The fraction of sp³-hybridized carbons (Fsp3) is 0.630. The number of hydrogen-bond acceptors (Lipinski definition) is 4. The van der Waals surface area contributed by atoms with Gasteiger partial charge in [-0.3, -0.25) is 0 Å². The van der Waals surface area contributed by atoms with E-state index in [0.717, 1.165) is 31.3 Å². The van der Waals surface area contributed by atoms with Crippen LogP contribution in [0.1, 0.15) is 64.6 Å². The Balaban J connectivity index is 1.49. The van der Waals surface area contributed by atoms with Crippen molar-refractivity contribution in [3.05, 3.63) is 47.2 Å². The summed E-state index contributed by atoms with van der Waals surface area (Å²) in [6.45, 7) is 7.95. The van der Waals surface area contributed by atoms with E-state index in [0.29, 0.717) is 12.3 Å². The van der Waals surface area contributed by atoms with Crippen molar-refractivity contribution in [3.8, 4) is 0 Å². The lowest BCUT2D eigenvalue weighted by Gasteiger charge is -2.65. The molecule has 0 radical (unpaired) electrons. The maximum absolute atomic E-state index is 12.4. The van der Waals surface area contributed by atoms with E-state index in [1.807, 2.05) is 0 Å². The number of aromatic nitrogens is 1. The fourth-order valence-electron chi connectivity index (χ4n) is 7.99. The maximum Gasteiger partial charge on any atom is 0.116 e. The molecule has 2 aromatic rings. The molecule has 0 amide bonds. The Morgan fingerprint density at radius 2 is 1.88 bits per heavy atom. The van der Waals surface area contributed by atoms with Crippen molar-refractivity contribution in [2.75, 3.05) is 0 Å². The van der Waals surface area contributed by atoms with Gasteiger partial charge >= 0.3 is 0 Å². The van der Waals surface area contributed by atoms with Gasteiger partial charge in [-0.25, -0.2) is 0 Å². The quantitative estimate of drug-likeness (QED) is 0.512. The van der Waals surface area contributed by atoms with Crippen LogP contribution in [0.3, 0.4) is 0 Å². The molecule has 1 aliphatic heterocycles. The van der Waals surface area contributed by atoms with Gasteiger partial charge in [-0.15, -0.1) is 0 Å². The highest BCUT2D eigenvalue weighted by atomic mass is 16.5. The molecule has 0 bridgehead atoms. The van der Waals surface area contributed by atoms with Crippen LogP contribution >= 0.6 is 0 Å². The first-order chi connectivity index (χ1) is 15.0. The molecule has 6 rings (SSSR count). The topological polar surface area (TPSA) is 85.7 Å². The molecule has 0 saturated heterocycles. The second kappa shape index (κ2) is 6.26. The summed E-state index contributed by atoms with van der Waals surface area (Å²) >= 11 is 0. The Kier molecular flexibility index (Phi) is 4.09. The molecule has 32 heavy (non-hydrogen) atoms. The van der Waals surface area contributed by atoms with E-state index >= 15 is 0 Å². The second-order valence-corrected chi connectivity index (χ2v) is 11.7. The Morgan fingerprint density at radius 3 is 2.62 bits per heavy atom. The fourth-order valence-corrected chi connectivity index (χ4v) is 7.99. The average molecular weight is 438 g/mol. The molecule has 1 aromatic heterocycles. The third kappa shape index (κ3) is 2.33. The van der Waals surface area contributed by atoms with Gasteiger partial charge in [0.1, 0.15) is 12.2 Å². The molecule has 2 heterocycles. The molecule has 2 fully saturated rings. The molecule has 1 aromatic carbocycles. The lowest BCUT2D eigenvalue weighted by molar-refractivity contribution is -0.209. The van der Waals surface area contributed by atoms with Gasteiger partial charge in [0.15, 0.2) is 0 Å². The number of para-hydroxylation sites is 1. The number of rotatable bonds is 1. The molecular formula is C27H35NO4. The molecule has 7 atom stereocenters. The third-order valence-electron chi connectivity index (χ3n) is 9.91. The van der Waals surface area contributed by atoms with E-state index in [1.54, 1.807) is 19.9 Å². The van der Waals surface area contributed by atoms with Gasteiger partial charge in [0.05, 0.1) is 17.3 Å². The summed E-state index contributed by atoms with van der Waals surface area (Å²) in [7, 11) is 0. The number of benzene rings is 1. The first-order valence-electron chi connectivity index (χ1n) is 12.1. The molecule has 4 N–H and O–H groups in total. The first kappa shape index (κ1) is 20.9. The van der Waals surface area contributed by atoms with Crippen LogP contribution in [0.15, 0.2) is 35.9 Å². The highest BCUT2D eigenvalue weighted by Gasteiger charge is 2.70. The Labute approximate surface area is 189 Å². The van der Waals surface area contributed by atoms with Crippen molar-refractivity contribution >= 4 is 10.9 Å². The number of aromatic amines is 1. The molecular weight excluding hydrogens is 402 g/mol. The van der Waals surface area contributed by atoms with Gasteiger partial charge in [-0.1, -0.05) is 32.0 Å². The average Bonchev–Trinajstić information content (AvgIpc) is 3.24. The largest absolute Gasteiger partial charge is 0.388 e. The number of aliphatic hydroxyl groups excluding tert-OH is 1. The lowest BCUT2D eigenvalue weighted by atomic mass is 9.42. The van der Waals surface area contributed by atoms with E-state index in [9.17, 15) is 15.3 Å². The van der Waals surface area contributed by atoms with Crippen molar-refractivity contribution in [3.63, 3.8) is 0 Å². The Bertz CT molecular complexity index is 1130. The number of fused-ring (bicyclic) bond motifs is 9. The monoisotopic (exact) mass is 437 g/mol. The summed E-state index contributed by atoms with van der Waals surface area (Å²) in [5.74, 6) is 0.481. The lowest BCUT2D eigenvalue weighted by Crippen LogP contribution is -2.68. The van der Waals surface area contributed by atoms with Gasteiger partial charge in [0.25, 0.3) is 0 Å². The summed E-state index contributed by atoms with van der Waals surface area (Å²) in [5, 5.41) is 35.1. The molecule has 5 unspecified atom stereocenters. The molecule has 4 aliphatic rings. The van der Waals surface area contributed by atoms with Gasteiger partial charge in [0, 0.05) is 27.4 Å². The third-order valence-corrected chi connectivity index (χ3v) is 9.91. The summed E-state index contributed by atoms with van der Waals surface area (Å²) in [5.41, 5.74) is 1.91. The number of H-pyrrole nitrogens is 1. The second-order valence-electron chi connectivity index (χ2n) is 11.7. The minimum absolute atomic E-state index is 0.196. The van der Waals surface area contributed by atoms with E-state index in [4.69, 9.17) is 4.74 Å². The molecule has 2 saturated carbocycles. The first-order valence-corrected chi connectivity index (χ1v) is 12.1. The smallest absolute Gasteiger partial charge is 0.116 e. The van der Waals surface area contributed by atoms with Crippen molar-refractivity contribution < 1.29 is 20.1 Å². The normalized spacial score (nSPS) is 43.3. The highest BCUT2D eigenvalue weighted by molar-refractivity contribution is 5.86. The van der Waals surface area contributed by atoms with Crippen LogP contribution in [0, 0.1) is 11.3 Å². The van der Waals surface area contributed by atoms with Crippen molar-refractivity contribution in [1.29, 1.82) is 0 Å². The summed E-state index contributed by atoms with van der Waals surface area (Å²) in [6.07, 6.45) is 4.18. The molecule has 5 nitrogen and oxygen atoms in total. The van der Waals surface area contributed by atoms with Crippen LogP contribution in [0.2, 0.25) is 0 Å². The predicted molar refractivity (Wildman–Crippen MR) is 123 cm³/mol. The number of ether oxygens (including phenoxy) is 1. The van der Waals surface area contributed by atoms with Crippen molar-refractivity contribution in [2.45, 2.75) is 94.7 Å². The van der Waals surface area contributed by atoms with Crippen LogP contribution < -0.4 is 0 Å². The minimum atomic E-state index is -1.15. The van der Waals surface area contributed by atoms with Crippen LogP contribution in [0.4, 0.5) is 0 Å². The molecule has 0 spiro atoms. The van der Waals surface area contributed by atoms with E-state index < -0.39 is 23.4 Å². The van der Waals surface area contributed by atoms with E-state index in [2.05, 4.69) is 43.1 Å². The van der Waals surface area contributed by atoms with Gasteiger partial charge in [-0.05, 0) is 75.1 Å². The number of aliphatic hydroxyl groups is 3.